The number of nitrogens with zero attached hydrogens (tertiary/aromatic N) is 1. The third-order valence-corrected chi connectivity index (χ3v) is 4.22. The zero-order valence-corrected chi connectivity index (χ0v) is 11.4. The van der Waals surface area contributed by atoms with Crippen molar-refractivity contribution in [2.75, 3.05) is 6.54 Å². The minimum Gasteiger partial charge on any atom is -0.478 e. The highest BCUT2D eigenvalue weighted by atomic mass is 32.2. The first-order valence-electron chi connectivity index (χ1n) is 5.93. The summed E-state index contributed by atoms with van der Waals surface area (Å²) in [6.07, 6.45) is 3.69. The van der Waals surface area contributed by atoms with Crippen LogP contribution in [0.15, 0.2) is 53.7 Å². The average molecular weight is 294 g/mol. The number of carboxylic acids is 1. The first kappa shape index (κ1) is 14.3. The van der Waals surface area contributed by atoms with Gasteiger partial charge in [0.05, 0.1) is 10.5 Å². The molecule has 6 nitrogen and oxygen atoms in total. The molecule has 2 N–H and O–H groups in total. The van der Waals surface area contributed by atoms with E-state index in [2.05, 4.69) is 4.72 Å². The lowest BCUT2D eigenvalue weighted by Gasteiger charge is -2.07. The second kappa shape index (κ2) is 5.89. The van der Waals surface area contributed by atoms with Gasteiger partial charge in [-0.05, 0) is 36.4 Å². The van der Waals surface area contributed by atoms with Gasteiger partial charge in [-0.15, -0.1) is 0 Å². The fraction of sp³-hybridized carbons (Fsp3) is 0.154. The molecule has 1 heterocycles. The molecule has 2 aromatic rings. The molecule has 0 saturated carbocycles. The molecule has 20 heavy (non-hydrogen) atoms. The van der Waals surface area contributed by atoms with Crippen molar-refractivity contribution in [1.29, 1.82) is 0 Å². The van der Waals surface area contributed by atoms with Crippen molar-refractivity contribution in [2.45, 2.75) is 11.4 Å². The molecule has 0 bridgehead atoms. The highest BCUT2D eigenvalue weighted by Crippen LogP contribution is 2.10. The molecular formula is C13H14N2O4S. The molecule has 0 aliphatic heterocycles. The van der Waals surface area contributed by atoms with Gasteiger partial charge >= 0.3 is 5.97 Å². The fourth-order valence-electron chi connectivity index (χ4n) is 1.69. The van der Waals surface area contributed by atoms with Crippen molar-refractivity contribution in [1.82, 2.24) is 9.29 Å². The highest BCUT2D eigenvalue weighted by Gasteiger charge is 2.14. The predicted octanol–water partition coefficient (Wildman–Crippen LogP) is 1.16. The summed E-state index contributed by atoms with van der Waals surface area (Å²) < 4.78 is 28.3. The Bertz CT molecular complexity index is 676. The molecule has 0 amide bonds. The van der Waals surface area contributed by atoms with E-state index in [0.29, 0.717) is 6.54 Å². The number of aromatic carboxylic acids is 1. The van der Waals surface area contributed by atoms with Crippen LogP contribution in [0.2, 0.25) is 0 Å². The molecule has 0 spiro atoms. The molecule has 0 atom stereocenters. The number of hydrogen-bond acceptors (Lipinski definition) is 3. The van der Waals surface area contributed by atoms with Crippen LogP contribution in [-0.2, 0) is 16.6 Å². The second-order valence-electron chi connectivity index (χ2n) is 4.15. The number of benzene rings is 1. The van der Waals surface area contributed by atoms with Gasteiger partial charge in [-0.3, -0.25) is 0 Å². The van der Waals surface area contributed by atoms with E-state index in [1.165, 1.54) is 24.3 Å². The van der Waals surface area contributed by atoms with Crippen molar-refractivity contribution >= 4 is 16.0 Å². The minimum absolute atomic E-state index is 0.0509. The molecule has 7 heteroatoms. The summed E-state index contributed by atoms with van der Waals surface area (Å²) in [7, 11) is -3.61. The van der Waals surface area contributed by atoms with Crippen LogP contribution in [-0.4, -0.2) is 30.6 Å². The molecular weight excluding hydrogens is 280 g/mol. The van der Waals surface area contributed by atoms with E-state index in [4.69, 9.17) is 5.11 Å². The van der Waals surface area contributed by atoms with Gasteiger partial charge < -0.3 is 9.67 Å². The highest BCUT2D eigenvalue weighted by molar-refractivity contribution is 7.89. The van der Waals surface area contributed by atoms with Gasteiger partial charge in [0.25, 0.3) is 0 Å². The Kier molecular flexibility index (Phi) is 4.21. The van der Waals surface area contributed by atoms with E-state index in [0.717, 1.165) is 0 Å². The van der Waals surface area contributed by atoms with Crippen LogP contribution in [0, 0.1) is 0 Å². The molecule has 106 valence electrons. The Morgan fingerprint density at radius 3 is 2.30 bits per heavy atom. The van der Waals surface area contributed by atoms with Gasteiger partial charge in [0.15, 0.2) is 0 Å². The van der Waals surface area contributed by atoms with Gasteiger partial charge in [-0.2, -0.15) is 0 Å². The molecule has 0 aliphatic rings. The topological polar surface area (TPSA) is 88.4 Å². The van der Waals surface area contributed by atoms with Crippen LogP contribution in [0.1, 0.15) is 10.4 Å². The summed E-state index contributed by atoms with van der Waals surface area (Å²) in [4.78, 5) is 10.7. The van der Waals surface area contributed by atoms with E-state index >= 15 is 0 Å². The lowest BCUT2D eigenvalue weighted by atomic mass is 10.2. The summed E-state index contributed by atoms with van der Waals surface area (Å²) in [5, 5.41) is 8.76. The van der Waals surface area contributed by atoms with Gasteiger partial charge in [0, 0.05) is 25.5 Å². The van der Waals surface area contributed by atoms with E-state index in [-0.39, 0.29) is 17.0 Å². The Balaban J connectivity index is 2.00. The van der Waals surface area contributed by atoms with E-state index in [1.54, 1.807) is 0 Å². The maximum Gasteiger partial charge on any atom is 0.335 e. The van der Waals surface area contributed by atoms with Crippen molar-refractivity contribution < 1.29 is 18.3 Å². The van der Waals surface area contributed by atoms with Crippen molar-refractivity contribution in [3.8, 4) is 0 Å². The lowest BCUT2D eigenvalue weighted by molar-refractivity contribution is 0.0696. The van der Waals surface area contributed by atoms with Crippen molar-refractivity contribution in [3.63, 3.8) is 0 Å². The number of carboxylic acid groups (broad SMARTS) is 1. The minimum atomic E-state index is -3.61. The standard InChI is InChI=1S/C13H14N2O4S/c16-13(17)11-3-5-12(6-4-11)20(18,19)14-7-10-15-8-1-2-9-15/h1-6,8-9,14H,7,10H2,(H,16,17). The number of aromatic nitrogens is 1. The molecule has 1 aromatic heterocycles. The molecule has 0 fully saturated rings. The summed E-state index contributed by atoms with van der Waals surface area (Å²) in [6.45, 7) is 0.789. The first-order chi connectivity index (χ1) is 9.49. The Hall–Kier alpha value is -2.12. The zero-order valence-electron chi connectivity index (χ0n) is 10.6. The molecule has 0 radical (unpaired) electrons. The molecule has 1 aromatic carbocycles. The maximum absolute atomic E-state index is 12.0. The zero-order chi connectivity index (χ0) is 14.6. The lowest BCUT2D eigenvalue weighted by Crippen LogP contribution is -2.27. The van der Waals surface area contributed by atoms with Crippen LogP contribution in [0.4, 0.5) is 0 Å². The third kappa shape index (κ3) is 3.46. The first-order valence-corrected chi connectivity index (χ1v) is 7.41. The van der Waals surface area contributed by atoms with Crippen molar-refractivity contribution in [2.24, 2.45) is 0 Å². The van der Waals surface area contributed by atoms with Crippen LogP contribution < -0.4 is 4.72 Å². The SMILES string of the molecule is O=C(O)c1ccc(S(=O)(=O)NCCn2cccc2)cc1. The van der Waals surface area contributed by atoms with Crippen molar-refractivity contribution in [3.05, 3.63) is 54.4 Å². The van der Waals surface area contributed by atoms with Crippen LogP contribution in [0.5, 0.6) is 0 Å². The molecule has 0 aliphatic carbocycles. The number of carbonyl (C=O) groups is 1. The molecule has 0 saturated heterocycles. The molecule has 2 rings (SSSR count). The molecule has 0 unspecified atom stereocenters. The smallest absolute Gasteiger partial charge is 0.335 e. The normalized spacial score (nSPS) is 11.4. The summed E-state index contributed by atoms with van der Waals surface area (Å²) in [5.41, 5.74) is 0.0521. The van der Waals surface area contributed by atoms with E-state index in [1.807, 2.05) is 29.1 Å². The van der Waals surface area contributed by atoms with E-state index < -0.39 is 16.0 Å². The monoisotopic (exact) mass is 294 g/mol. The summed E-state index contributed by atoms with van der Waals surface area (Å²) in [6, 6.07) is 8.81. The quantitative estimate of drug-likeness (QED) is 0.837. The van der Waals surface area contributed by atoms with Gasteiger partial charge in [0.1, 0.15) is 0 Å². The predicted molar refractivity (Wildman–Crippen MR) is 73.0 cm³/mol. The number of sulfonamides is 1. The number of hydrogen-bond donors (Lipinski definition) is 2. The Morgan fingerprint density at radius 2 is 1.75 bits per heavy atom. The Morgan fingerprint density at radius 1 is 1.15 bits per heavy atom. The van der Waals surface area contributed by atoms with Crippen LogP contribution >= 0.6 is 0 Å². The van der Waals surface area contributed by atoms with E-state index in [9.17, 15) is 13.2 Å². The number of nitrogens with one attached hydrogen (secondary N) is 1. The van der Waals surface area contributed by atoms with Gasteiger partial charge in [-0.25, -0.2) is 17.9 Å². The van der Waals surface area contributed by atoms with Crippen LogP contribution in [0.25, 0.3) is 0 Å². The Labute approximate surface area is 116 Å². The maximum atomic E-state index is 12.0. The van der Waals surface area contributed by atoms with Crippen LogP contribution in [0.3, 0.4) is 0 Å². The average Bonchev–Trinajstić information content (AvgIpc) is 2.92. The summed E-state index contributed by atoms with van der Waals surface area (Å²) >= 11 is 0. The van der Waals surface area contributed by atoms with Gasteiger partial charge in [-0.1, -0.05) is 0 Å². The van der Waals surface area contributed by atoms with Gasteiger partial charge in [0.2, 0.25) is 10.0 Å². The summed E-state index contributed by atoms with van der Waals surface area (Å²) in [5.74, 6) is -1.09. The number of rotatable bonds is 6. The fourth-order valence-corrected chi connectivity index (χ4v) is 2.71. The largest absolute Gasteiger partial charge is 0.478 e. The third-order valence-electron chi connectivity index (χ3n) is 2.74. The second-order valence-corrected chi connectivity index (χ2v) is 5.92.